The van der Waals surface area contributed by atoms with Crippen LogP contribution in [0.15, 0.2) is 18.3 Å². The average Bonchev–Trinajstić information content (AvgIpc) is 2.48. The molecule has 0 aliphatic carbocycles. The number of pyridine rings is 1. The second-order valence-corrected chi connectivity index (χ2v) is 4.89. The van der Waals surface area contributed by atoms with Gasteiger partial charge in [0, 0.05) is 24.9 Å². The molecule has 6 nitrogen and oxygen atoms in total. The first kappa shape index (κ1) is 14.7. The number of aromatic nitrogens is 1. The summed E-state index contributed by atoms with van der Waals surface area (Å²) in [7, 11) is 0. The molecule has 6 heteroatoms. The van der Waals surface area contributed by atoms with Crippen LogP contribution in [-0.4, -0.2) is 43.2 Å². The van der Waals surface area contributed by atoms with Crippen LogP contribution in [0.1, 0.15) is 29.6 Å². The van der Waals surface area contributed by atoms with E-state index < -0.39 is 5.91 Å². The summed E-state index contributed by atoms with van der Waals surface area (Å²) >= 11 is 0. The molecule has 0 unspecified atom stereocenters. The first-order valence-corrected chi connectivity index (χ1v) is 7.08. The van der Waals surface area contributed by atoms with Crippen molar-refractivity contribution in [2.24, 2.45) is 5.73 Å². The number of hydrogen-bond donors (Lipinski definition) is 3. The van der Waals surface area contributed by atoms with Gasteiger partial charge in [-0.15, -0.1) is 0 Å². The van der Waals surface area contributed by atoms with Crippen molar-refractivity contribution in [2.45, 2.75) is 25.4 Å². The summed E-state index contributed by atoms with van der Waals surface area (Å²) in [5, 5.41) is 6.48. The van der Waals surface area contributed by atoms with Gasteiger partial charge < -0.3 is 21.1 Å². The van der Waals surface area contributed by atoms with Crippen LogP contribution >= 0.6 is 0 Å². The van der Waals surface area contributed by atoms with Gasteiger partial charge in [0.2, 0.25) is 5.91 Å². The number of piperidine rings is 1. The second-order valence-electron chi connectivity index (χ2n) is 4.89. The number of nitrogens with one attached hydrogen (secondary N) is 2. The van der Waals surface area contributed by atoms with Crippen molar-refractivity contribution in [3.63, 3.8) is 0 Å². The van der Waals surface area contributed by atoms with E-state index in [2.05, 4.69) is 15.6 Å². The zero-order valence-corrected chi connectivity index (χ0v) is 11.6. The van der Waals surface area contributed by atoms with Gasteiger partial charge in [-0.25, -0.2) is 4.98 Å². The smallest absolute Gasteiger partial charge is 0.248 e. The molecule has 20 heavy (non-hydrogen) atoms. The predicted octanol–water partition coefficient (Wildman–Crippen LogP) is 0.751. The summed E-state index contributed by atoms with van der Waals surface area (Å²) in [6.45, 7) is 3.60. The summed E-state index contributed by atoms with van der Waals surface area (Å²) in [5.74, 6) is 0.229. The highest BCUT2D eigenvalue weighted by Crippen LogP contribution is 2.08. The molecule has 0 radical (unpaired) electrons. The van der Waals surface area contributed by atoms with E-state index in [1.807, 2.05) is 0 Å². The van der Waals surface area contributed by atoms with Crippen LogP contribution in [0.4, 0.5) is 5.82 Å². The number of amides is 1. The summed E-state index contributed by atoms with van der Waals surface area (Å²) in [6.07, 6.45) is 5.07. The fraction of sp³-hybridized carbons (Fsp3) is 0.571. The minimum atomic E-state index is -0.440. The van der Waals surface area contributed by atoms with E-state index in [1.165, 1.54) is 0 Å². The number of hydrogen-bond acceptors (Lipinski definition) is 5. The molecule has 0 aromatic carbocycles. The number of nitrogens with zero attached hydrogens (tertiary/aromatic N) is 1. The number of ether oxygens (including phenoxy) is 1. The Labute approximate surface area is 119 Å². The Hall–Kier alpha value is -1.66. The Morgan fingerprint density at radius 3 is 3.05 bits per heavy atom. The number of anilines is 1. The Balaban J connectivity index is 1.63. The van der Waals surface area contributed by atoms with E-state index >= 15 is 0 Å². The maximum Gasteiger partial charge on any atom is 0.248 e. The third-order valence-corrected chi connectivity index (χ3v) is 3.31. The van der Waals surface area contributed by atoms with E-state index in [0.29, 0.717) is 17.5 Å². The number of carbonyl (C=O) groups is 1. The molecule has 110 valence electrons. The van der Waals surface area contributed by atoms with Crippen molar-refractivity contribution in [1.82, 2.24) is 10.3 Å². The number of carbonyl (C=O) groups excluding carboxylic acids is 1. The molecule has 1 aromatic rings. The molecule has 1 aliphatic heterocycles. The Bertz CT molecular complexity index is 433. The molecule has 0 atom stereocenters. The van der Waals surface area contributed by atoms with Gasteiger partial charge in [0.1, 0.15) is 5.82 Å². The van der Waals surface area contributed by atoms with Gasteiger partial charge >= 0.3 is 0 Å². The van der Waals surface area contributed by atoms with Crippen LogP contribution in [0.2, 0.25) is 0 Å². The summed E-state index contributed by atoms with van der Waals surface area (Å²) in [4.78, 5) is 15.2. The van der Waals surface area contributed by atoms with E-state index in [-0.39, 0.29) is 0 Å². The van der Waals surface area contributed by atoms with Crippen LogP contribution in [0.3, 0.4) is 0 Å². The SMILES string of the molecule is NC(=O)c1ccnc(NCCCOC2CCNCC2)c1. The van der Waals surface area contributed by atoms with E-state index in [4.69, 9.17) is 10.5 Å². The lowest BCUT2D eigenvalue weighted by Crippen LogP contribution is -2.32. The first-order chi connectivity index (χ1) is 9.75. The van der Waals surface area contributed by atoms with Gasteiger partial charge in [-0.2, -0.15) is 0 Å². The quantitative estimate of drug-likeness (QED) is 0.640. The van der Waals surface area contributed by atoms with Crippen LogP contribution in [-0.2, 0) is 4.74 Å². The molecule has 0 saturated carbocycles. The highest BCUT2D eigenvalue weighted by molar-refractivity contribution is 5.93. The normalized spacial score (nSPS) is 16.0. The highest BCUT2D eigenvalue weighted by Gasteiger charge is 2.12. The van der Waals surface area contributed by atoms with Crippen molar-refractivity contribution < 1.29 is 9.53 Å². The molecule has 1 aliphatic rings. The van der Waals surface area contributed by atoms with Crippen molar-refractivity contribution in [1.29, 1.82) is 0 Å². The van der Waals surface area contributed by atoms with Crippen LogP contribution in [0.5, 0.6) is 0 Å². The first-order valence-electron chi connectivity index (χ1n) is 7.08. The minimum absolute atomic E-state index is 0.396. The molecule has 2 heterocycles. The van der Waals surface area contributed by atoms with Crippen molar-refractivity contribution in [3.05, 3.63) is 23.9 Å². The highest BCUT2D eigenvalue weighted by atomic mass is 16.5. The zero-order chi connectivity index (χ0) is 14.2. The molecule has 1 fully saturated rings. The molecular weight excluding hydrogens is 256 g/mol. The standard InChI is InChI=1S/C14H22N4O2/c15-14(19)11-2-8-18-13(10-11)17-5-1-9-20-12-3-6-16-7-4-12/h2,8,10,12,16H,1,3-7,9H2,(H2,15,19)(H,17,18). The van der Waals surface area contributed by atoms with Gasteiger partial charge in [-0.05, 0) is 44.5 Å². The van der Waals surface area contributed by atoms with Gasteiger partial charge in [-0.3, -0.25) is 4.79 Å². The average molecular weight is 278 g/mol. The third-order valence-electron chi connectivity index (χ3n) is 3.31. The van der Waals surface area contributed by atoms with E-state index in [9.17, 15) is 4.79 Å². The maximum atomic E-state index is 11.0. The van der Waals surface area contributed by atoms with Crippen molar-refractivity contribution >= 4 is 11.7 Å². The molecule has 2 rings (SSSR count). The number of rotatable bonds is 7. The lowest BCUT2D eigenvalue weighted by atomic mass is 10.1. The lowest BCUT2D eigenvalue weighted by Gasteiger charge is -2.22. The van der Waals surface area contributed by atoms with Crippen LogP contribution in [0, 0.1) is 0 Å². The summed E-state index contributed by atoms with van der Waals surface area (Å²) in [5.41, 5.74) is 5.69. The van der Waals surface area contributed by atoms with Crippen molar-refractivity contribution in [3.8, 4) is 0 Å². The fourth-order valence-electron chi connectivity index (χ4n) is 2.18. The Morgan fingerprint density at radius 1 is 1.50 bits per heavy atom. The molecule has 1 amide bonds. The van der Waals surface area contributed by atoms with E-state index in [1.54, 1.807) is 18.3 Å². The molecule has 1 saturated heterocycles. The molecule has 0 spiro atoms. The number of nitrogens with two attached hydrogens (primary N) is 1. The topological polar surface area (TPSA) is 89.3 Å². The molecular formula is C14H22N4O2. The molecule has 1 aromatic heterocycles. The van der Waals surface area contributed by atoms with Crippen LogP contribution < -0.4 is 16.4 Å². The minimum Gasteiger partial charge on any atom is -0.378 e. The monoisotopic (exact) mass is 278 g/mol. The number of primary amides is 1. The second kappa shape index (κ2) is 7.81. The molecule has 0 bridgehead atoms. The van der Waals surface area contributed by atoms with Crippen LogP contribution in [0.25, 0.3) is 0 Å². The van der Waals surface area contributed by atoms with Gasteiger partial charge in [-0.1, -0.05) is 0 Å². The summed E-state index contributed by atoms with van der Waals surface area (Å²) < 4.78 is 5.81. The Kier molecular flexibility index (Phi) is 5.76. The summed E-state index contributed by atoms with van der Waals surface area (Å²) in [6, 6.07) is 3.27. The zero-order valence-electron chi connectivity index (χ0n) is 11.6. The molecule has 4 N–H and O–H groups in total. The van der Waals surface area contributed by atoms with Crippen molar-refractivity contribution in [2.75, 3.05) is 31.6 Å². The lowest BCUT2D eigenvalue weighted by molar-refractivity contribution is 0.0329. The largest absolute Gasteiger partial charge is 0.378 e. The van der Waals surface area contributed by atoms with Gasteiger partial charge in [0.15, 0.2) is 0 Å². The predicted molar refractivity (Wildman–Crippen MR) is 77.7 cm³/mol. The van der Waals surface area contributed by atoms with Gasteiger partial charge in [0.05, 0.1) is 6.10 Å². The third kappa shape index (κ3) is 4.79. The Morgan fingerprint density at radius 2 is 2.30 bits per heavy atom. The fourth-order valence-corrected chi connectivity index (χ4v) is 2.18. The maximum absolute atomic E-state index is 11.0. The van der Waals surface area contributed by atoms with E-state index in [0.717, 1.165) is 45.5 Å². The van der Waals surface area contributed by atoms with Gasteiger partial charge in [0.25, 0.3) is 0 Å².